The summed E-state index contributed by atoms with van der Waals surface area (Å²) in [6.45, 7) is 4.05. The van der Waals surface area contributed by atoms with Gasteiger partial charge < -0.3 is 9.84 Å². The lowest BCUT2D eigenvalue weighted by atomic mass is 10.1. The second kappa shape index (κ2) is 8.03. The molecule has 0 aliphatic carbocycles. The van der Waals surface area contributed by atoms with Crippen molar-refractivity contribution in [2.24, 2.45) is 5.92 Å². The van der Waals surface area contributed by atoms with Crippen LogP contribution in [0.15, 0.2) is 12.2 Å². The third kappa shape index (κ3) is 5.88. The Morgan fingerprint density at radius 3 is 2.60 bits per heavy atom. The van der Waals surface area contributed by atoms with Crippen LogP contribution < -0.4 is 0 Å². The monoisotopic (exact) mass is 214 g/mol. The number of rotatable bonds is 7. The molecule has 0 aromatic rings. The average molecular weight is 214 g/mol. The number of ether oxygens (including phenoxy) is 1. The SMILES string of the molecule is CC=CCC(C(=O)O)C(=O)OCCCC. The van der Waals surface area contributed by atoms with Gasteiger partial charge in [-0.2, -0.15) is 0 Å². The molecule has 0 rings (SSSR count). The normalized spacial score (nSPS) is 12.7. The van der Waals surface area contributed by atoms with Crippen LogP contribution in [0.5, 0.6) is 0 Å². The van der Waals surface area contributed by atoms with Crippen LogP contribution in [0.25, 0.3) is 0 Å². The maximum absolute atomic E-state index is 11.3. The van der Waals surface area contributed by atoms with E-state index in [0.717, 1.165) is 12.8 Å². The fourth-order valence-electron chi connectivity index (χ4n) is 0.988. The zero-order chi connectivity index (χ0) is 11.7. The van der Waals surface area contributed by atoms with Crippen molar-refractivity contribution in [1.82, 2.24) is 0 Å². The predicted octanol–water partition coefficient (Wildman–Crippen LogP) is 2.00. The summed E-state index contributed by atoms with van der Waals surface area (Å²) in [7, 11) is 0. The summed E-state index contributed by atoms with van der Waals surface area (Å²) in [5.74, 6) is -2.85. The van der Waals surface area contributed by atoms with Crippen LogP contribution in [0.3, 0.4) is 0 Å². The summed E-state index contributed by atoms with van der Waals surface area (Å²) in [5.41, 5.74) is 0. The second-order valence-electron chi connectivity index (χ2n) is 3.22. The number of unbranched alkanes of at least 4 members (excludes halogenated alkanes) is 1. The van der Waals surface area contributed by atoms with Crippen LogP contribution in [0, 0.1) is 5.92 Å². The molecule has 0 saturated carbocycles. The van der Waals surface area contributed by atoms with Crippen molar-refractivity contribution >= 4 is 11.9 Å². The Labute approximate surface area is 89.9 Å². The minimum absolute atomic E-state index is 0.191. The fraction of sp³-hybridized carbons (Fsp3) is 0.636. The highest BCUT2D eigenvalue weighted by Gasteiger charge is 2.26. The molecule has 0 amide bonds. The molecule has 0 aliphatic rings. The summed E-state index contributed by atoms with van der Waals surface area (Å²) in [6, 6.07) is 0. The summed E-state index contributed by atoms with van der Waals surface area (Å²) >= 11 is 0. The molecule has 0 aromatic heterocycles. The molecule has 4 nitrogen and oxygen atoms in total. The highest BCUT2D eigenvalue weighted by atomic mass is 16.5. The highest BCUT2D eigenvalue weighted by molar-refractivity contribution is 5.94. The molecule has 0 heterocycles. The van der Waals surface area contributed by atoms with E-state index in [1.807, 2.05) is 6.92 Å². The number of esters is 1. The minimum Gasteiger partial charge on any atom is -0.481 e. The zero-order valence-electron chi connectivity index (χ0n) is 9.23. The topological polar surface area (TPSA) is 63.6 Å². The maximum Gasteiger partial charge on any atom is 0.320 e. The van der Waals surface area contributed by atoms with Crippen LogP contribution in [0.4, 0.5) is 0 Å². The van der Waals surface area contributed by atoms with Crippen molar-refractivity contribution in [2.45, 2.75) is 33.1 Å². The van der Waals surface area contributed by atoms with Gasteiger partial charge in [-0.3, -0.25) is 9.59 Å². The molecule has 0 fully saturated rings. The van der Waals surface area contributed by atoms with E-state index in [0.29, 0.717) is 6.61 Å². The first-order valence-electron chi connectivity index (χ1n) is 5.14. The molecule has 0 radical (unpaired) electrons. The predicted molar refractivity (Wildman–Crippen MR) is 56.4 cm³/mol. The molecule has 0 spiro atoms. The van der Waals surface area contributed by atoms with Crippen molar-refractivity contribution in [2.75, 3.05) is 6.61 Å². The fourth-order valence-corrected chi connectivity index (χ4v) is 0.988. The Kier molecular flexibility index (Phi) is 7.32. The van der Waals surface area contributed by atoms with E-state index in [4.69, 9.17) is 9.84 Å². The van der Waals surface area contributed by atoms with Crippen molar-refractivity contribution in [3.8, 4) is 0 Å². The molecule has 0 aliphatic heterocycles. The third-order valence-electron chi connectivity index (χ3n) is 1.93. The van der Waals surface area contributed by atoms with Crippen LogP contribution in [-0.2, 0) is 14.3 Å². The minimum atomic E-state index is -1.13. The number of allylic oxidation sites excluding steroid dienone is 2. The van der Waals surface area contributed by atoms with E-state index >= 15 is 0 Å². The molecular weight excluding hydrogens is 196 g/mol. The summed E-state index contributed by atoms with van der Waals surface area (Å²) in [4.78, 5) is 22.1. The highest BCUT2D eigenvalue weighted by Crippen LogP contribution is 2.08. The van der Waals surface area contributed by atoms with Gasteiger partial charge in [-0.1, -0.05) is 25.5 Å². The summed E-state index contributed by atoms with van der Waals surface area (Å²) < 4.78 is 4.85. The average Bonchev–Trinajstić information content (AvgIpc) is 2.18. The van der Waals surface area contributed by atoms with E-state index in [1.54, 1.807) is 19.1 Å². The molecule has 0 bridgehead atoms. The molecule has 0 aromatic carbocycles. The standard InChI is InChI=1S/C11H18O4/c1-3-5-7-9(10(12)13)11(14)15-8-6-4-2/h3,5,9H,4,6-8H2,1-2H3,(H,12,13). The number of carboxylic acid groups (broad SMARTS) is 1. The number of carbonyl (C=O) groups excluding carboxylic acids is 1. The Morgan fingerprint density at radius 1 is 1.47 bits per heavy atom. The maximum atomic E-state index is 11.3. The van der Waals surface area contributed by atoms with Gasteiger partial charge in [-0.15, -0.1) is 0 Å². The van der Waals surface area contributed by atoms with Crippen LogP contribution >= 0.6 is 0 Å². The van der Waals surface area contributed by atoms with E-state index in [9.17, 15) is 9.59 Å². The van der Waals surface area contributed by atoms with Crippen LogP contribution in [-0.4, -0.2) is 23.7 Å². The molecule has 1 atom stereocenters. The lowest BCUT2D eigenvalue weighted by Crippen LogP contribution is -2.25. The van der Waals surface area contributed by atoms with Crippen LogP contribution in [0.2, 0.25) is 0 Å². The Balaban J connectivity index is 4.11. The van der Waals surface area contributed by atoms with E-state index in [1.165, 1.54) is 0 Å². The van der Waals surface area contributed by atoms with Gasteiger partial charge in [0.05, 0.1) is 6.61 Å². The molecule has 15 heavy (non-hydrogen) atoms. The number of hydrogen-bond acceptors (Lipinski definition) is 3. The van der Waals surface area contributed by atoms with Crippen molar-refractivity contribution in [3.63, 3.8) is 0 Å². The number of carboxylic acids is 1. The molecule has 1 N–H and O–H groups in total. The summed E-state index contributed by atoms with van der Waals surface area (Å²) in [6.07, 6.45) is 5.24. The Hall–Kier alpha value is -1.32. The molecule has 1 unspecified atom stereocenters. The lowest BCUT2D eigenvalue weighted by molar-refractivity contribution is -0.158. The summed E-state index contributed by atoms with van der Waals surface area (Å²) in [5, 5.41) is 8.79. The molecule has 86 valence electrons. The van der Waals surface area contributed by atoms with Gasteiger partial charge >= 0.3 is 11.9 Å². The number of aliphatic carboxylic acids is 1. The quantitative estimate of drug-likeness (QED) is 0.305. The third-order valence-corrected chi connectivity index (χ3v) is 1.93. The van der Waals surface area contributed by atoms with Gasteiger partial charge in [0.1, 0.15) is 0 Å². The Morgan fingerprint density at radius 2 is 2.13 bits per heavy atom. The second-order valence-corrected chi connectivity index (χ2v) is 3.22. The van der Waals surface area contributed by atoms with Gasteiger partial charge in [-0.25, -0.2) is 0 Å². The number of carbonyl (C=O) groups is 2. The smallest absolute Gasteiger partial charge is 0.320 e. The lowest BCUT2D eigenvalue weighted by Gasteiger charge is -2.09. The van der Waals surface area contributed by atoms with Gasteiger partial charge in [-0.05, 0) is 19.8 Å². The van der Waals surface area contributed by atoms with Crippen LogP contribution in [0.1, 0.15) is 33.1 Å². The molecular formula is C11H18O4. The zero-order valence-corrected chi connectivity index (χ0v) is 9.23. The van der Waals surface area contributed by atoms with Crippen molar-refractivity contribution in [1.29, 1.82) is 0 Å². The van der Waals surface area contributed by atoms with E-state index in [2.05, 4.69) is 0 Å². The van der Waals surface area contributed by atoms with Gasteiger partial charge in [0.2, 0.25) is 0 Å². The van der Waals surface area contributed by atoms with Crippen molar-refractivity contribution in [3.05, 3.63) is 12.2 Å². The molecule has 4 heteroatoms. The largest absolute Gasteiger partial charge is 0.481 e. The number of hydrogen-bond donors (Lipinski definition) is 1. The van der Waals surface area contributed by atoms with E-state index < -0.39 is 17.9 Å². The van der Waals surface area contributed by atoms with Gasteiger partial charge in [0.15, 0.2) is 5.92 Å². The van der Waals surface area contributed by atoms with Gasteiger partial charge in [0, 0.05) is 0 Å². The van der Waals surface area contributed by atoms with E-state index in [-0.39, 0.29) is 6.42 Å². The van der Waals surface area contributed by atoms with Crippen molar-refractivity contribution < 1.29 is 19.4 Å². The van der Waals surface area contributed by atoms with Gasteiger partial charge in [0.25, 0.3) is 0 Å². The first-order valence-corrected chi connectivity index (χ1v) is 5.14. The molecule has 0 saturated heterocycles. The first kappa shape index (κ1) is 13.7. The first-order chi connectivity index (χ1) is 7.13. The Bertz CT molecular complexity index is 233.